The molecule has 1 rings (SSSR count). The fraction of sp³-hybridized carbons (Fsp3) is 1.00. The molecule has 0 saturated carbocycles. The monoisotopic (exact) mass is 389 g/mol. The van der Waals surface area contributed by atoms with Gasteiger partial charge in [0, 0.05) is 17.6 Å². The second-order valence-electron chi connectivity index (χ2n) is 9.06. The van der Waals surface area contributed by atoms with Gasteiger partial charge in [-0.15, -0.1) is 0 Å². The predicted molar refractivity (Wildman–Crippen MR) is 109 cm³/mol. The molecule has 0 radical (unpaired) electrons. The second kappa shape index (κ2) is 12.4. The molecule has 0 aliphatic carbocycles. The van der Waals surface area contributed by atoms with Crippen LogP contribution in [0, 0.1) is 11.8 Å². The molecular weight excluding hydrogens is 346 g/mol. The average molecular weight is 390 g/mol. The van der Waals surface area contributed by atoms with Crippen LogP contribution in [0.1, 0.15) is 90.9 Å². The third kappa shape index (κ3) is 10.9. The third-order valence-electron chi connectivity index (χ3n) is 6.18. The van der Waals surface area contributed by atoms with Crippen molar-refractivity contribution in [2.75, 3.05) is 32.4 Å². The van der Waals surface area contributed by atoms with E-state index in [1.807, 2.05) is 0 Å². The number of likely N-dealkylation sites (tertiary alicyclic amines) is 1. The van der Waals surface area contributed by atoms with E-state index in [0.29, 0.717) is 5.92 Å². The fourth-order valence-corrected chi connectivity index (χ4v) is 5.62. The summed E-state index contributed by atoms with van der Waals surface area (Å²) in [5.74, 6) is 0.196. The van der Waals surface area contributed by atoms with Crippen molar-refractivity contribution in [2.45, 2.75) is 90.9 Å². The van der Waals surface area contributed by atoms with E-state index in [1.165, 1.54) is 77.0 Å². The molecule has 1 saturated heterocycles. The van der Waals surface area contributed by atoms with Crippen LogP contribution in [0.15, 0.2) is 0 Å². The minimum atomic E-state index is -4.10. The highest BCUT2D eigenvalue weighted by Gasteiger charge is 2.40. The molecule has 5 heteroatoms. The lowest BCUT2D eigenvalue weighted by Crippen LogP contribution is -2.43. The van der Waals surface area contributed by atoms with Gasteiger partial charge >= 0.3 is 0 Å². The van der Waals surface area contributed by atoms with Gasteiger partial charge in [0.1, 0.15) is 0 Å². The molecule has 1 aliphatic rings. The van der Waals surface area contributed by atoms with Gasteiger partial charge in [0.15, 0.2) is 0 Å². The van der Waals surface area contributed by atoms with Crippen LogP contribution in [-0.2, 0) is 10.1 Å². The van der Waals surface area contributed by atoms with Gasteiger partial charge in [0.05, 0.1) is 36.8 Å². The topological polar surface area (TPSA) is 57.2 Å². The lowest BCUT2D eigenvalue weighted by atomic mass is 10.0. The Morgan fingerprint density at radius 2 is 1.31 bits per heavy atom. The summed E-state index contributed by atoms with van der Waals surface area (Å²) in [5.41, 5.74) is 0. The van der Waals surface area contributed by atoms with Gasteiger partial charge in [-0.05, 0) is 12.8 Å². The number of hydrogen-bond donors (Lipinski definition) is 0. The normalized spacial score (nSPS) is 26.5. The second-order valence-corrected chi connectivity index (χ2v) is 10.5. The summed E-state index contributed by atoms with van der Waals surface area (Å²) in [7, 11) is -1.87. The van der Waals surface area contributed by atoms with Crippen LogP contribution in [0.3, 0.4) is 0 Å². The van der Waals surface area contributed by atoms with Gasteiger partial charge < -0.3 is 9.04 Å². The molecule has 0 aromatic heterocycles. The van der Waals surface area contributed by atoms with Crippen molar-refractivity contribution in [3.05, 3.63) is 0 Å². The lowest BCUT2D eigenvalue weighted by Gasteiger charge is -2.30. The van der Waals surface area contributed by atoms with Crippen molar-refractivity contribution in [1.82, 2.24) is 0 Å². The van der Waals surface area contributed by atoms with Gasteiger partial charge in [-0.1, -0.05) is 78.1 Å². The van der Waals surface area contributed by atoms with Crippen molar-refractivity contribution in [2.24, 2.45) is 11.8 Å². The molecule has 3 atom stereocenters. The van der Waals surface area contributed by atoms with Gasteiger partial charge in [0.2, 0.25) is 0 Å². The predicted octanol–water partition coefficient (Wildman–Crippen LogP) is 4.95. The average Bonchev–Trinajstić information content (AvgIpc) is 2.81. The molecule has 0 amide bonds. The maximum Gasteiger partial charge on any atom is 0.0951 e. The minimum Gasteiger partial charge on any atom is -0.748 e. The van der Waals surface area contributed by atoms with E-state index in [9.17, 15) is 13.0 Å². The number of hydrogen-bond acceptors (Lipinski definition) is 3. The SMILES string of the molecule is CCCCCCCCCCCCCC[N+]1(C)CC(C)C(CS(=O)(=O)[O-])C1. The van der Waals surface area contributed by atoms with E-state index in [4.69, 9.17) is 0 Å². The maximum absolute atomic E-state index is 11.1. The van der Waals surface area contributed by atoms with Crippen molar-refractivity contribution >= 4 is 10.1 Å². The summed E-state index contributed by atoms with van der Waals surface area (Å²) in [5, 5.41) is 0. The zero-order valence-corrected chi connectivity index (χ0v) is 18.4. The third-order valence-corrected chi connectivity index (χ3v) is 7.01. The molecule has 0 spiro atoms. The Labute approximate surface area is 163 Å². The smallest absolute Gasteiger partial charge is 0.0951 e. The van der Waals surface area contributed by atoms with Gasteiger partial charge in [-0.2, -0.15) is 0 Å². The first-order valence-corrected chi connectivity index (χ1v) is 12.6. The number of unbranched alkanes of at least 4 members (excludes halogenated alkanes) is 11. The molecule has 1 aliphatic heterocycles. The van der Waals surface area contributed by atoms with Crippen LogP contribution in [-0.4, -0.2) is 49.9 Å². The van der Waals surface area contributed by atoms with Crippen molar-refractivity contribution < 1.29 is 17.5 Å². The van der Waals surface area contributed by atoms with Crippen LogP contribution in [0.4, 0.5) is 0 Å². The quantitative estimate of drug-likeness (QED) is 0.226. The standard InChI is InChI=1S/C21H43NO3S/c1-4-5-6-7-8-9-10-11-12-13-14-15-16-22(3)17-20(2)21(18-22)19-26(23,24)25/h20-21H,4-19H2,1-3H3. The Morgan fingerprint density at radius 3 is 1.77 bits per heavy atom. The molecule has 0 N–H and O–H groups in total. The molecule has 0 aromatic rings. The summed E-state index contributed by atoms with van der Waals surface area (Å²) >= 11 is 0. The van der Waals surface area contributed by atoms with E-state index in [-0.39, 0.29) is 11.7 Å². The van der Waals surface area contributed by atoms with Crippen LogP contribution < -0.4 is 0 Å². The summed E-state index contributed by atoms with van der Waals surface area (Å²) in [6.45, 7) is 7.35. The molecule has 26 heavy (non-hydrogen) atoms. The molecule has 0 bridgehead atoms. The van der Waals surface area contributed by atoms with Crippen molar-refractivity contribution in [1.29, 1.82) is 0 Å². The van der Waals surface area contributed by atoms with Crippen molar-refractivity contribution in [3.8, 4) is 0 Å². The van der Waals surface area contributed by atoms with Crippen LogP contribution in [0.5, 0.6) is 0 Å². The highest BCUT2D eigenvalue weighted by molar-refractivity contribution is 7.85. The van der Waals surface area contributed by atoms with E-state index >= 15 is 0 Å². The van der Waals surface area contributed by atoms with E-state index in [1.54, 1.807) is 0 Å². The van der Waals surface area contributed by atoms with Gasteiger partial charge in [0.25, 0.3) is 0 Å². The molecule has 1 heterocycles. The Hall–Kier alpha value is -0.130. The summed E-state index contributed by atoms with van der Waals surface area (Å²) in [4.78, 5) is 0. The number of nitrogens with zero attached hydrogens (tertiary/aromatic N) is 1. The Balaban J connectivity index is 2.02. The first-order chi connectivity index (χ1) is 12.3. The summed E-state index contributed by atoms with van der Waals surface area (Å²) in [6.07, 6.45) is 16.3. The summed E-state index contributed by atoms with van der Waals surface area (Å²) in [6, 6.07) is 0. The van der Waals surface area contributed by atoms with E-state index in [2.05, 4.69) is 20.9 Å². The van der Waals surface area contributed by atoms with Crippen LogP contribution >= 0.6 is 0 Å². The maximum atomic E-state index is 11.1. The Morgan fingerprint density at radius 1 is 0.846 bits per heavy atom. The van der Waals surface area contributed by atoms with E-state index in [0.717, 1.165) is 24.1 Å². The highest BCUT2D eigenvalue weighted by atomic mass is 32.2. The Kier molecular flexibility index (Phi) is 11.4. The largest absolute Gasteiger partial charge is 0.748 e. The number of rotatable bonds is 15. The zero-order chi connectivity index (χ0) is 19.5. The molecule has 0 aromatic carbocycles. The number of quaternary nitrogens is 1. The van der Waals surface area contributed by atoms with Crippen LogP contribution in [0.2, 0.25) is 0 Å². The van der Waals surface area contributed by atoms with Crippen molar-refractivity contribution in [3.63, 3.8) is 0 Å². The minimum absolute atomic E-state index is 0.0415. The first kappa shape index (κ1) is 23.9. The molecular formula is C21H43NO3S. The molecule has 4 nitrogen and oxygen atoms in total. The van der Waals surface area contributed by atoms with Crippen LogP contribution in [0.25, 0.3) is 0 Å². The summed E-state index contributed by atoms with van der Waals surface area (Å²) < 4.78 is 34.1. The fourth-order valence-electron chi connectivity index (χ4n) is 4.66. The van der Waals surface area contributed by atoms with E-state index < -0.39 is 10.1 Å². The molecule has 156 valence electrons. The molecule has 3 unspecified atom stereocenters. The highest BCUT2D eigenvalue weighted by Crippen LogP contribution is 2.29. The van der Waals surface area contributed by atoms with Gasteiger partial charge in [-0.3, -0.25) is 0 Å². The Bertz CT molecular complexity index is 466. The molecule has 1 fully saturated rings. The zero-order valence-electron chi connectivity index (χ0n) is 17.5. The first-order valence-electron chi connectivity index (χ1n) is 11.0. The van der Waals surface area contributed by atoms with Gasteiger partial charge in [-0.25, -0.2) is 8.42 Å². The lowest BCUT2D eigenvalue weighted by molar-refractivity contribution is -0.900.